The number of rotatable bonds is 2. The van der Waals surface area contributed by atoms with E-state index in [1.807, 2.05) is 0 Å². The summed E-state index contributed by atoms with van der Waals surface area (Å²) >= 11 is 5.50. The smallest absolute Gasteiger partial charge is 0.326 e. The Morgan fingerprint density at radius 2 is 2.42 bits per heavy atom. The Labute approximate surface area is 72.1 Å². The highest BCUT2D eigenvalue weighted by Crippen LogP contribution is 2.18. The lowest BCUT2D eigenvalue weighted by Crippen LogP contribution is -2.21. The Morgan fingerprint density at radius 3 is 2.75 bits per heavy atom. The number of hydrogen-bond acceptors (Lipinski definition) is 4. The predicted octanol–water partition coefficient (Wildman–Crippen LogP) is -0.142. The molecule has 1 aromatic rings. The molecule has 0 saturated heterocycles. The van der Waals surface area contributed by atoms with Gasteiger partial charge in [0.1, 0.15) is 11.7 Å². The molecular formula is C5H6ClN3O3. The molecule has 7 heteroatoms. The van der Waals surface area contributed by atoms with Crippen molar-refractivity contribution in [2.45, 2.75) is 6.04 Å². The molecule has 6 nitrogen and oxygen atoms in total. The maximum absolute atomic E-state index is 10.3. The highest BCUT2D eigenvalue weighted by atomic mass is 35.5. The molecule has 12 heavy (non-hydrogen) atoms. The summed E-state index contributed by atoms with van der Waals surface area (Å²) in [5.41, 5.74) is 5.12. The third kappa shape index (κ3) is 1.49. The van der Waals surface area contributed by atoms with Crippen LogP contribution in [0.15, 0.2) is 6.20 Å². The van der Waals surface area contributed by atoms with Gasteiger partial charge in [0, 0.05) is 0 Å². The fourth-order valence-corrected chi connectivity index (χ4v) is 0.925. The van der Waals surface area contributed by atoms with Gasteiger partial charge in [-0.1, -0.05) is 11.6 Å². The molecule has 0 amide bonds. The van der Waals surface area contributed by atoms with E-state index in [0.29, 0.717) is 4.85 Å². The zero-order chi connectivity index (χ0) is 9.30. The van der Waals surface area contributed by atoms with E-state index in [4.69, 9.17) is 27.6 Å². The first-order valence-electron chi connectivity index (χ1n) is 2.95. The van der Waals surface area contributed by atoms with Crippen LogP contribution < -0.4 is 5.73 Å². The first-order valence-corrected chi connectivity index (χ1v) is 3.33. The molecule has 0 aromatic carbocycles. The number of aromatic nitrogens is 2. The molecule has 1 rings (SSSR count). The molecule has 1 atom stereocenters. The lowest BCUT2D eigenvalue weighted by molar-refractivity contribution is -0.138. The third-order valence-corrected chi connectivity index (χ3v) is 1.54. The molecule has 0 spiro atoms. The molecule has 1 unspecified atom stereocenters. The molecule has 66 valence electrons. The van der Waals surface area contributed by atoms with Crippen LogP contribution in [0.5, 0.6) is 0 Å². The van der Waals surface area contributed by atoms with Crippen LogP contribution in [0.4, 0.5) is 0 Å². The second-order valence-corrected chi connectivity index (χ2v) is 2.51. The van der Waals surface area contributed by atoms with Crippen LogP contribution in [0.3, 0.4) is 0 Å². The van der Waals surface area contributed by atoms with Crippen LogP contribution >= 0.6 is 11.6 Å². The van der Waals surface area contributed by atoms with E-state index in [1.54, 1.807) is 0 Å². The third-order valence-electron chi connectivity index (χ3n) is 1.24. The normalized spacial score (nSPS) is 12.8. The number of carboxylic acid groups (broad SMARTS) is 1. The van der Waals surface area contributed by atoms with E-state index in [0.717, 1.165) is 6.20 Å². The molecule has 0 fully saturated rings. The first-order chi connectivity index (χ1) is 5.52. The molecule has 0 aliphatic heterocycles. The summed E-state index contributed by atoms with van der Waals surface area (Å²) in [7, 11) is 0. The molecule has 0 aliphatic rings. The number of hydrogen-bond donors (Lipinski definition) is 3. The van der Waals surface area contributed by atoms with Crippen molar-refractivity contribution in [1.29, 1.82) is 0 Å². The molecular weight excluding hydrogens is 186 g/mol. The molecule has 1 heterocycles. The van der Waals surface area contributed by atoms with Crippen molar-refractivity contribution in [3.05, 3.63) is 16.9 Å². The average molecular weight is 192 g/mol. The van der Waals surface area contributed by atoms with Crippen molar-refractivity contribution < 1.29 is 15.1 Å². The largest absolute Gasteiger partial charge is 0.480 e. The van der Waals surface area contributed by atoms with Crippen molar-refractivity contribution in [3.63, 3.8) is 0 Å². The van der Waals surface area contributed by atoms with E-state index in [-0.39, 0.29) is 10.7 Å². The van der Waals surface area contributed by atoms with Gasteiger partial charge in [-0.2, -0.15) is 0 Å². The molecule has 0 aliphatic carbocycles. The minimum absolute atomic E-state index is 0.0207. The number of carbonyl (C=O) groups is 1. The standard InChI is InChI=1S/C5H6ClN3O3/c6-2-1-9(12)8-4(2)3(7)5(10)11/h1,3,12H,7H2,(H,10,11). The second-order valence-electron chi connectivity index (χ2n) is 2.10. The van der Waals surface area contributed by atoms with Gasteiger partial charge in [0.15, 0.2) is 0 Å². The SMILES string of the molecule is NC(C(=O)O)c1nn(O)cc1Cl. The maximum Gasteiger partial charge on any atom is 0.326 e. The van der Waals surface area contributed by atoms with Crippen LogP contribution in [0, 0.1) is 0 Å². The van der Waals surface area contributed by atoms with E-state index in [2.05, 4.69) is 5.10 Å². The topological polar surface area (TPSA) is 101 Å². The van der Waals surface area contributed by atoms with Crippen molar-refractivity contribution in [1.82, 2.24) is 9.94 Å². The van der Waals surface area contributed by atoms with Gasteiger partial charge in [-0.15, -0.1) is 9.94 Å². The number of halogens is 1. The van der Waals surface area contributed by atoms with Gasteiger partial charge in [-0.3, -0.25) is 4.79 Å². The highest BCUT2D eigenvalue weighted by Gasteiger charge is 2.21. The average Bonchev–Trinajstić information content (AvgIpc) is 2.28. The van der Waals surface area contributed by atoms with Gasteiger partial charge in [0.25, 0.3) is 0 Å². The van der Waals surface area contributed by atoms with E-state index < -0.39 is 12.0 Å². The molecule has 4 N–H and O–H groups in total. The summed E-state index contributed by atoms with van der Waals surface area (Å²) in [6.45, 7) is 0. The van der Waals surface area contributed by atoms with E-state index in [1.165, 1.54) is 0 Å². The van der Waals surface area contributed by atoms with E-state index >= 15 is 0 Å². The summed E-state index contributed by atoms with van der Waals surface area (Å²) in [5.74, 6) is -1.25. The van der Waals surface area contributed by atoms with Crippen molar-refractivity contribution in [3.8, 4) is 0 Å². The molecule has 0 saturated carbocycles. The van der Waals surface area contributed by atoms with Gasteiger partial charge in [0.05, 0.1) is 11.2 Å². The van der Waals surface area contributed by atoms with Crippen molar-refractivity contribution in [2.75, 3.05) is 0 Å². The summed E-state index contributed by atoms with van der Waals surface area (Å²) in [4.78, 5) is 10.8. The Kier molecular flexibility index (Phi) is 2.20. The van der Waals surface area contributed by atoms with Crippen LogP contribution in [-0.2, 0) is 4.79 Å². The minimum Gasteiger partial charge on any atom is -0.480 e. The molecule has 0 bridgehead atoms. The Bertz CT molecular complexity index is 311. The Morgan fingerprint density at radius 1 is 1.83 bits per heavy atom. The maximum atomic E-state index is 10.3. The first kappa shape index (κ1) is 8.82. The number of aliphatic carboxylic acids is 1. The molecule has 0 radical (unpaired) electrons. The fraction of sp³-hybridized carbons (Fsp3) is 0.200. The minimum atomic E-state index is -1.31. The van der Waals surface area contributed by atoms with Gasteiger partial charge < -0.3 is 16.0 Å². The lowest BCUT2D eigenvalue weighted by Gasteiger charge is -2.00. The van der Waals surface area contributed by atoms with Crippen molar-refractivity contribution in [2.24, 2.45) is 5.73 Å². The van der Waals surface area contributed by atoms with Gasteiger partial charge in [0.2, 0.25) is 0 Å². The summed E-state index contributed by atoms with van der Waals surface area (Å²) < 4.78 is 0. The number of nitrogens with zero attached hydrogens (tertiary/aromatic N) is 2. The quantitative estimate of drug-likeness (QED) is 0.565. The Balaban J connectivity index is 3.02. The van der Waals surface area contributed by atoms with Gasteiger partial charge >= 0.3 is 5.97 Å². The van der Waals surface area contributed by atoms with E-state index in [9.17, 15) is 4.79 Å². The summed E-state index contributed by atoms with van der Waals surface area (Å²) in [5, 5.41) is 20.6. The lowest BCUT2D eigenvalue weighted by atomic mass is 10.2. The summed E-state index contributed by atoms with van der Waals surface area (Å²) in [6, 6.07) is -1.31. The zero-order valence-electron chi connectivity index (χ0n) is 5.81. The van der Waals surface area contributed by atoms with Crippen molar-refractivity contribution >= 4 is 17.6 Å². The zero-order valence-corrected chi connectivity index (χ0v) is 6.56. The van der Waals surface area contributed by atoms with Crippen LogP contribution in [0.1, 0.15) is 11.7 Å². The number of carboxylic acids is 1. The molecule has 1 aromatic heterocycles. The number of nitrogens with two attached hydrogens (primary N) is 1. The van der Waals surface area contributed by atoms with Gasteiger partial charge in [-0.25, -0.2) is 0 Å². The van der Waals surface area contributed by atoms with Crippen LogP contribution in [-0.4, -0.2) is 26.2 Å². The van der Waals surface area contributed by atoms with Crippen LogP contribution in [0.2, 0.25) is 5.02 Å². The monoisotopic (exact) mass is 191 g/mol. The van der Waals surface area contributed by atoms with Gasteiger partial charge in [-0.05, 0) is 0 Å². The summed E-state index contributed by atoms with van der Waals surface area (Å²) in [6.07, 6.45) is 1.06. The Hall–Kier alpha value is -1.27. The fourth-order valence-electron chi connectivity index (χ4n) is 0.682. The highest BCUT2D eigenvalue weighted by molar-refractivity contribution is 6.31. The predicted molar refractivity (Wildman–Crippen MR) is 39.0 cm³/mol. The van der Waals surface area contributed by atoms with Crippen LogP contribution in [0.25, 0.3) is 0 Å². The second kappa shape index (κ2) is 3.00.